The number of rotatable bonds is 26. The van der Waals surface area contributed by atoms with Crippen molar-refractivity contribution in [2.75, 3.05) is 13.2 Å². The van der Waals surface area contributed by atoms with Crippen LogP contribution in [0, 0.1) is 66.6 Å². The summed E-state index contributed by atoms with van der Waals surface area (Å²) in [6, 6.07) is 2.65. The van der Waals surface area contributed by atoms with E-state index in [1.165, 1.54) is 17.8 Å². The molecule has 92 heavy (non-hydrogen) atoms. The van der Waals surface area contributed by atoms with E-state index in [4.69, 9.17) is 68.5 Å². The van der Waals surface area contributed by atoms with Crippen LogP contribution < -0.4 is 44.6 Å². The molecule has 15 atom stereocenters. The van der Waals surface area contributed by atoms with Crippen LogP contribution in [0.3, 0.4) is 0 Å². The van der Waals surface area contributed by atoms with Crippen molar-refractivity contribution in [2.45, 2.75) is 189 Å². The number of amides is 7. The van der Waals surface area contributed by atoms with Gasteiger partial charge in [0, 0.05) is 108 Å². The summed E-state index contributed by atoms with van der Waals surface area (Å²) in [5.41, 5.74) is 36.7. The molecule has 7 amide bonds. The van der Waals surface area contributed by atoms with Crippen molar-refractivity contribution < 1.29 is 83.8 Å². The number of aromatic nitrogens is 2. The standard InChI is InChI=1S/C62H90N13O14P.CH3.Co/c1-29-20-39-40(21-30(29)2)75(28-70-39)57-52(84)53(41(27-76)87-57)89-90(85,86)88-31(3)26-69-49(83)18-19-59(8)37(22-46(66)80)56-62(11)61(10,25-48(68)82)36(14-17-45(65)79)51(74-62)33(5)55-60(9,24-47(67)81)34(12-15-43(63)77)38(71-55)23-42-58(6,7)35(13-16-44(64)78)50(72-42)32(4)54(59)73-56;;/h20-21,23,28,31,34-37,41,52-53,56-57,76,84H,12-19,22,24-27H2,1-11H3,(H15,63,64,65,66,67,68,69,71,72,73,74,77,78,79,80,81,82,83,85,86);1H3;/q;-1;+2/p-2/t31-,34-,35-,36-,37+,41-,52-,53-,56-,57+,59-,60+,61+,62+;;/m1../s1. The van der Waals surface area contributed by atoms with Gasteiger partial charge in [0.25, 0.3) is 7.82 Å². The van der Waals surface area contributed by atoms with Crippen molar-refractivity contribution in [1.29, 1.82) is 0 Å². The average Bonchev–Trinajstić information content (AvgIpc) is 1.53. The Morgan fingerprint density at radius 1 is 0.793 bits per heavy atom. The van der Waals surface area contributed by atoms with Gasteiger partial charge in [0.1, 0.15) is 18.3 Å². The molecule has 1 aromatic carbocycles. The van der Waals surface area contributed by atoms with Gasteiger partial charge in [-0.15, -0.1) is 0 Å². The molecule has 0 spiro atoms. The van der Waals surface area contributed by atoms with Gasteiger partial charge < -0.3 is 85.9 Å². The van der Waals surface area contributed by atoms with Crippen LogP contribution in [-0.2, 0) is 68.7 Å². The van der Waals surface area contributed by atoms with Gasteiger partial charge >= 0.3 is 16.8 Å². The number of hydrogen-bond acceptors (Lipinski definition) is 18. The first kappa shape index (κ1) is 74.5. The Balaban J connectivity index is 0.00000672. The Bertz CT molecular complexity index is 3540. The van der Waals surface area contributed by atoms with Crippen molar-refractivity contribution in [2.24, 2.45) is 94.7 Å². The van der Waals surface area contributed by atoms with E-state index >= 15 is 0 Å². The van der Waals surface area contributed by atoms with Gasteiger partial charge in [0.05, 0.1) is 41.3 Å². The number of nitrogens with zero attached hydrogens (tertiary/aromatic N) is 6. The van der Waals surface area contributed by atoms with Crippen LogP contribution in [0.1, 0.15) is 150 Å². The van der Waals surface area contributed by atoms with E-state index in [1.54, 1.807) is 6.92 Å². The average molecular weight is 1340 g/mol. The first-order valence-electron chi connectivity index (χ1n) is 30.5. The van der Waals surface area contributed by atoms with Gasteiger partial charge in [-0.1, -0.05) is 40.7 Å². The van der Waals surface area contributed by atoms with E-state index in [0.29, 0.717) is 56.4 Å². The van der Waals surface area contributed by atoms with Gasteiger partial charge in [-0.25, -0.2) is 4.98 Å². The van der Waals surface area contributed by atoms with Crippen LogP contribution in [0.15, 0.2) is 67.8 Å². The molecule has 8 bridgehead atoms. The molecule has 1 aromatic heterocycles. The van der Waals surface area contributed by atoms with E-state index in [-0.39, 0.29) is 101 Å². The predicted molar refractivity (Wildman–Crippen MR) is 338 cm³/mol. The minimum absolute atomic E-state index is 0. The fourth-order valence-electron chi connectivity index (χ4n) is 15.3. The Kier molecular flexibility index (Phi) is 22.6. The maximum absolute atomic E-state index is 14.4. The monoisotopic (exact) mass is 1340 g/mol. The van der Waals surface area contributed by atoms with Gasteiger partial charge in [-0.2, -0.15) is 5.70 Å². The summed E-state index contributed by atoms with van der Waals surface area (Å²) in [6.07, 6.45) is -4.79. The summed E-state index contributed by atoms with van der Waals surface area (Å²) in [6.45, 7) is 19.0. The summed E-state index contributed by atoms with van der Waals surface area (Å²) >= 11 is 0. The molecule has 1 radical (unpaired) electrons. The zero-order chi connectivity index (χ0) is 66.7. The molecule has 7 heterocycles. The van der Waals surface area contributed by atoms with Gasteiger partial charge in [-0.05, 0) is 119 Å². The Hall–Kier alpha value is -6.49. The summed E-state index contributed by atoms with van der Waals surface area (Å²) < 4.78 is 31.9. The smallest absolute Gasteiger partial charge is 0.756 e. The second kappa shape index (κ2) is 27.8. The molecule has 507 valence electrons. The molecule has 2 fully saturated rings. The third-order valence-corrected chi connectivity index (χ3v) is 21.6. The number of phosphoric ester groups is 1. The first-order chi connectivity index (χ1) is 41.8. The van der Waals surface area contributed by atoms with Crippen molar-refractivity contribution in [3.63, 3.8) is 0 Å². The van der Waals surface area contributed by atoms with Gasteiger partial charge in [-0.3, -0.25) is 53.1 Å². The fraction of sp³-hybridized carbons (Fsp3) is 0.619. The van der Waals surface area contributed by atoms with Crippen LogP contribution in [0.4, 0.5) is 0 Å². The number of aliphatic hydroxyl groups excluding tert-OH is 2. The van der Waals surface area contributed by atoms with Crippen LogP contribution in [0.25, 0.3) is 16.4 Å². The Morgan fingerprint density at radius 2 is 1.38 bits per heavy atom. The second-order valence-electron chi connectivity index (χ2n) is 27.0. The molecule has 15 N–H and O–H groups in total. The minimum Gasteiger partial charge on any atom is -0.756 e. The number of nitrogens with two attached hydrogens (primary N) is 6. The number of nitrogens with one attached hydrogen (secondary N) is 1. The summed E-state index contributed by atoms with van der Waals surface area (Å²) in [5, 5.41) is 30.1. The number of phosphoric acid groups is 1. The Labute approximate surface area is 547 Å². The SMILES string of the molecule is C/C1=C2/[N-][C@H]([C@H](CC(N)=O)[C@@]2(C)CCC(=O)NC[C@@H](C)OP(=O)([O-])O[C@H]2[C@@H](O)[C@@H](n3cnc4cc(C)c(C)cc43)O[C@@H]2CO)[C@]2(C)N=C(/C(C)=C3N=C(/C=C4N=C1[C@@H](CCC(N)=O)C\4(C)C)[C@@H](CCC(N)=O)[C@]\3(C)CC(N)=O)[C@@H](CCC(N)=O)[C@]2(C)CC(N)=O.[CH3-].[Co+2]. The number of aliphatic imine (C=N–C) groups is 3. The molecule has 27 nitrogen and oxygen atoms in total. The molecule has 1 unspecified atom stereocenters. The quantitative estimate of drug-likeness (QED) is 0.0478. The number of benzene rings is 1. The van der Waals surface area contributed by atoms with E-state index in [0.717, 1.165) is 11.1 Å². The molecule has 0 aliphatic carbocycles. The Morgan fingerprint density at radius 3 is 1.96 bits per heavy atom. The molecule has 0 saturated carbocycles. The molecule has 6 aliphatic heterocycles. The zero-order valence-corrected chi connectivity index (χ0v) is 56.4. The molecular formula is C63H91CoN13O14P-. The second-order valence-corrected chi connectivity index (χ2v) is 28.3. The molecule has 2 aromatic rings. The largest absolute Gasteiger partial charge is 2.00 e. The van der Waals surface area contributed by atoms with Crippen molar-refractivity contribution in [3.05, 3.63) is 76.6 Å². The van der Waals surface area contributed by atoms with Crippen LogP contribution in [0.2, 0.25) is 0 Å². The number of fused-ring (bicyclic) bond motifs is 7. The van der Waals surface area contributed by atoms with Gasteiger partial charge in [0.15, 0.2) is 6.23 Å². The fourth-order valence-corrected chi connectivity index (χ4v) is 16.4. The third-order valence-electron chi connectivity index (χ3n) is 20.5. The zero-order valence-electron chi connectivity index (χ0n) is 54.5. The molecular weight excluding hydrogens is 1250 g/mol. The van der Waals surface area contributed by atoms with Crippen molar-refractivity contribution >= 4 is 77.3 Å². The van der Waals surface area contributed by atoms with E-state index in [1.807, 2.05) is 80.5 Å². The minimum atomic E-state index is -5.32. The molecule has 6 aliphatic rings. The summed E-state index contributed by atoms with van der Waals surface area (Å²) in [5.74, 6) is -7.40. The van der Waals surface area contributed by atoms with Crippen LogP contribution >= 0.6 is 7.82 Å². The molecule has 8 rings (SSSR count). The number of allylic oxidation sites excluding steroid dienone is 6. The van der Waals surface area contributed by atoms with E-state index in [2.05, 4.69) is 10.3 Å². The topological polar surface area (TPSA) is 465 Å². The number of ether oxygens (including phenoxy) is 1. The summed E-state index contributed by atoms with van der Waals surface area (Å²) in [4.78, 5) is 128. The summed E-state index contributed by atoms with van der Waals surface area (Å²) in [7, 11) is -5.32. The third kappa shape index (κ3) is 14.1. The van der Waals surface area contributed by atoms with Crippen molar-refractivity contribution in [3.8, 4) is 0 Å². The number of imidazole rings is 1. The van der Waals surface area contributed by atoms with Crippen LogP contribution in [-0.4, -0.2) is 127 Å². The molecule has 29 heteroatoms. The number of aliphatic hydroxyl groups is 2. The van der Waals surface area contributed by atoms with Crippen molar-refractivity contribution in [1.82, 2.24) is 14.9 Å². The van der Waals surface area contributed by atoms with Crippen LogP contribution in [0.5, 0.6) is 0 Å². The van der Waals surface area contributed by atoms with Gasteiger partial charge in [0.2, 0.25) is 41.4 Å². The number of carbonyl (C=O) groups is 7. The molecule has 2 saturated heterocycles. The van der Waals surface area contributed by atoms with E-state index < -0.39 is 143 Å². The predicted octanol–water partition coefficient (Wildman–Crippen LogP) is 3.76. The first-order valence-corrected chi connectivity index (χ1v) is 32.0. The maximum Gasteiger partial charge on any atom is 2.00 e. The number of aryl methyl sites for hydroxylation is 2. The number of carbonyl (C=O) groups excluding carboxylic acids is 7. The maximum atomic E-state index is 14.4. The number of hydrogen-bond donors (Lipinski definition) is 9. The number of primary amides is 6. The van der Waals surface area contributed by atoms with E-state index in [9.17, 15) is 53.2 Å². The normalized spacial score (nSPS) is 33.5.